The summed E-state index contributed by atoms with van der Waals surface area (Å²) in [5, 5.41) is 6.29. The average Bonchev–Trinajstić information content (AvgIpc) is 3.16. The SMILES string of the molecule is CNCCNC(=O)c1cccc(OCC(OCCOCC(=O)ON2C(=O)CCC2=O)SSC(C)(C)C)c1. The molecule has 1 aromatic rings. The number of carbonyl (C=O) groups is 4. The molecule has 1 aliphatic heterocycles. The smallest absolute Gasteiger partial charge is 0.358 e. The maximum atomic E-state index is 12.3. The van der Waals surface area contributed by atoms with Gasteiger partial charge in [0.1, 0.15) is 24.4 Å². The van der Waals surface area contributed by atoms with Crippen molar-refractivity contribution in [2.75, 3.05) is 46.6 Å². The molecule has 1 saturated heterocycles. The average molecular weight is 558 g/mol. The van der Waals surface area contributed by atoms with Gasteiger partial charge in [0.2, 0.25) is 0 Å². The molecule has 2 N–H and O–H groups in total. The minimum atomic E-state index is -0.837. The van der Waals surface area contributed by atoms with E-state index in [-0.39, 0.29) is 48.8 Å². The molecule has 0 radical (unpaired) electrons. The van der Waals surface area contributed by atoms with Crippen LogP contribution in [0.3, 0.4) is 0 Å². The first kappa shape index (κ1) is 30.9. The lowest BCUT2D eigenvalue weighted by atomic mass is 10.2. The van der Waals surface area contributed by atoms with Crippen molar-refractivity contribution < 1.29 is 38.2 Å². The van der Waals surface area contributed by atoms with Crippen molar-refractivity contribution in [3.8, 4) is 5.75 Å². The maximum absolute atomic E-state index is 12.3. The Morgan fingerprint density at radius 2 is 1.84 bits per heavy atom. The number of nitrogens with zero attached hydrogens (tertiary/aromatic N) is 1. The molecule has 11 nitrogen and oxygen atoms in total. The van der Waals surface area contributed by atoms with Gasteiger partial charge >= 0.3 is 5.97 Å². The van der Waals surface area contributed by atoms with Gasteiger partial charge in [-0.1, -0.05) is 48.4 Å². The topological polar surface area (TPSA) is 132 Å². The van der Waals surface area contributed by atoms with Crippen LogP contribution >= 0.6 is 21.6 Å². The molecule has 0 aromatic heterocycles. The highest BCUT2D eigenvalue weighted by Crippen LogP contribution is 2.38. The van der Waals surface area contributed by atoms with Crippen molar-refractivity contribution in [3.05, 3.63) is 29.8 Å². The van der Waals surface area contributed by atoms with Gasteiger partial charge in [-0.25, -0.2) is 4.79 Å². The molecule has 37 heavy (non-hydrogen) atoms. The highest BCUT2D eigenvalue weighted by Gasteiger charge is 2.32. The molecule has 3 amide bonds. The Kier molecular flexibility index (Phi) is 13.2. The number of hydroxylamine groups is 2. The van der Waals surface area contributed by atoms with Gasteiger partial charge in [-0.05, 0) is 25.2 Å². The zero-order chi connectivity index (χ0) is 27.3. The van der Waals surface area contributed by atoms with E-state index in [2.05, 4.69) is 31.4 Å². The zero-order valence-electron chi connectivity index (χ0n) is 21.6. The molecule has 1 fully saturated rings. The van der Waals surface area contributed by atoms with Crippen molar-refractivity contribution in [3.63, 3.8) is 0 Å². The van der Waals surface area contributed by atoms with Crippen LogP contribution in [-0.4, -0.2) is 85.5 Å². The summed E-state index contributed by atoms with van der Waals surface area (Å²) in [6.45, 7) is 7.52. The molecule has 1 heterocycles. The van der Waals surface area contributed by atoms with Crippen LogP contribution in [0.5, 0.6) is 5.75 Å². The molecule has 2 rings (SSSR count). The van der Waals surface area contributed by atoms with Gasteiger partial charge < -0.3 is 29.7 Å². The van der Waals surface area contributed by atoms with Crippen LogP contribution in [0.1, 0.15) is 44.0 Å². The van der Waals surface area contributed by atoms with Gasteiger partial charge in [0.05, 0.1) is 13.2 Å². The maximum Gasteiger partial charge on any atom is 0.358 e. The second-order valence-electron chi connectivity index (χ2n) is 8.89. The van der Waals surface area contributed by atoms with Crippen molar-refractivity contribution in [1.29, 1.82) is 0 Å². The predicted octanol–water partition coefficient (Wildman–Crippen LogP) is 2.16. The summed E-state index contributed by atoms with van der Waals surface area (Å²) in [6, 6.07) is 6.93. The van der Waals surface area contributed by atoms with Gasteiger partial charge in [0.25, 0.3) is 17.7 Å². The monoisotopic (exact) mass is 557 g/mol. The first-order valence-electron chi connectivity index (χ1n) is 11.8. The fourth-order valence-electron chi connectivity index (χ4n) is 2.78. The standard InChI is InChI=1S/C24H35N3O8S2/c1-24(2,3)37-36-22(16-34-18-7-5-6-17(14-18)23(31)26-11-10-25-4)33-13-12-32-15-21(30)35-27-19(28)8-9-20(27)29/h5-7,14,22,25H,8-13,15-16H2,1-4H3,(H,26,31). The summed E-state index contributed by atoms with van der Waals surface area (Å²) in [7, 11) is 4.97. The highest BCUT2D eigenvalue weighted by molar-refractivity contribution is 8.77. The van der Waals surface area contributed by atoms with Gasteiger partial charge in [0.15, 0.2) is 0 Å². The molecule has 1 unspecified atom stereocenters. The van der Waals surface area contributed by atoms with Crippen molar-refractivity contribution in [2.24, 2.45) is 0 Å². The van der Waals surface area contributed by atoms with E-state index in [1.54, 1.807) is 35.1 Å². The lowest BCUT2D eigenvalue weighted by Crippen LogP contribution is -2.33. The second kappa shape index (κ2) is 15.8. The van der Waals surface area contributed by atoms with Crippen LogP contribution in [0, 0.1) is 0 Å². The van der Waals surface area contributed by atoms with Crippen LogP contribution in [0.15, 0.2) is 24.3 Å². The van der Waals surface area contributed by atoms with E-state index < -0.39 is 24.4 Å². The van der Waals surface area contributed by atoms with E-state index in [9.17, 15) is 19.2 Å². The minimum Gasteiger partial charge on any atom is -0.490 e. The first-order chi connectivity index (χ1) is 17.6. The number of hydrogen-bond acceptors (Lipinski definition) is 11. The summed E-state index contributed by atoms with van der Waals surface area (Å²) in [6.07, 6.45) is 0.0609. The Morgan fingerprint density at radius 1 is 1.11 bits per heavy atom. The molecule has 1 aliphatic rings. The molecule has 1 aromatic carbocycles. The van der Waals surface area contributed by atoms with Crippen LogP contribution in [0.4, 0.5) is 0 Å². The summed E-state index contributed by atoms with van der Waals surface area (Å²) < 4.78 is 17.0. The number of imide groups is 1. The van der Waals surface area contributed by atoms with E-state index in [0.29, 0.717) is 29.5 Å². The number of nitrogens with one attached hydrogen (secondary N) is 2. The lowest BCUT2D eigenvalue weighted by Gasteiger charge is -2.22. The summed E-state index contributed by atoms with van der Waals surface area (Å²) in [4.78, 5) is 51.9. The van der Waals surface area contributed by atoms with Crippen molar-refractivity contribution in [2.45, 2.75) is 43.8 Å². The third-order valence-electron chi connectivity index (χ3n) is 4.50. The molecular weight excluding hydrogens is 522 g/mol. The fourth-order valence-corrected chi connectivity index (χ4v) is 4.97. The van der Waals surface area contributed by atoms with E-state index in [1.807, 2.05) is 7.05 Å². The third kappa shape index (κ3) is 12.2. The molecule has 0 bridgehead atoms. The van der Waals surface area contributed by atoms with E-state index in [4.69, 9.17) is 19.0 Å². The number of rotatable bonds is 16. The molecule has 206 valence electrons. The normalized spacial score (nSPS) is 14.5. The Bertz CT molecular complexity index is 910. The lowest BCUT2D eigenvalue weighted by molar-refractivity contribution is -0.200. The number of benzene rings is 1. The Balaban J connectivity index is 1.79. The molecule has 0 spiro atoms. The van der Waals surface area contributed by atoms with Crippen molar-refractivity contribution >= 4 is 45.3 Å². The number of carbonyl (C=O) groups excluding carboxylic acids is 4. The van der Waals surface area contributed by atoms with Gasteiger partial charge in [-0.2, -0.15) is 0 Å². The number of amides is 3. The second-order valence-corrected chi connectivity index (χ2v) is 12.1. The van der Waals surface area contributed by atoms with Crippen molar-refractivity contribution in [1.82, 2.24) is 15.7 Å². The summed E-state index contributed by atoms with van der Waals surface area (Å²) in [5.41, 5.74) is 0.146. The third-order valence-corrected chi connectivity index (χ3v) is 8.01. The van der Waals surface area contributed by atoms with E-state index >= 15 is 0 Å². The summed E-state index contributed by atoms with van der Waals surface area (Å²) in [5.74, 6) is -1.56. The minimum absolute atomic E-state index is 0.0116. The molecule has 0 saturated carbocycles. The van der Waals surface area contributed by atoms with Crippen LogP contribution < -0.4 is 15.4 Å². The number of hydrogen-bond donors (Lipinski definition) is 2. The van der Waals surface area contributed by atoms with E-state index in [0.717, 1.165) is 0 Å². The molecule has 0 aliphatic carbocycles. The van der Waals surface area contributed by atoms with Crippen LogP contribution in [-0.2, 0) is 28.7 Å². The zero-order valence-corrected chi connectivity index (χ0v) is 23.2. The summed E-state index contributed by atoms with van der Waals surface area (Å²) >= 11 is 0. The highest BCUT2D eigenvalue weighted by atomic mass is 33.1. The largest absolute Gasteiger partial charge is 0.490 e. The number of ether oxygens (including phenoxy) is 3. The van der Waals surface area contributed by atoms with Gasteiger partial charge in [0, 0.05) is 36.2 Å². The van der Waals surface area contributed by atoms with Gasteiger partial charge in [-0.15, -0.1) is 5.06 Å². The first-order valence-corrected chi connectivity index (χ1v) is 14.1. The Labute approximate surface area is 225 Å². The fraction of sp³-hybridized carbons (Fsp3) is 0.583. The molecule has 13 heteroatoms. The molecular formula is C24H35N3O8S2. The Morgan fingerprint density at radius 3 is 2.51 bits per heavy atom. The van der Waals surface area contributed by atoms with Gasteiger partial charge in [-0.3, -0.25) is 14.4 Å². The quantitative estimate of drug-likeness (QED) is 0.134. The predicted molar refractivity (Wildman–Crippen MR) is 141 cm³/mol. The Hall–Kier alpha value is -2.32. The van der Waals surface area contributed by atoms with E-state index in [1.165, 1.54) is 10.8 Å². The number of likely N-dealkylation sites (N-methyl/N-ethyl adjacent to an activating group) is 1. The molecule has 1 atom stereocenters. The van der Waals surface area contributed by atoms with Crippen LogP contribution in [0.2, 0.25) is 0 Å². The van der Waals surface area contributed by atoms with Crippen LogP contribution in [0.25, 0.3) is 0 Å².